The second-order valence-electron chi connectivity index (χ2n) is 5.44. The van der Waals surface area contributed by atoms with Crippen molar-refractivity contribution in [1.29, 1.82) is 0 Å². The molecule has 2 radical (unpaired) electrons. The molecule has 0 bridgehead atoms. The van der Waals surface area contributed by atoms with Gasteiger partial charge in [0.25, 0.3) is 0 Å². The van der Waals surface area contributed by atoms with Gasteiger partial charge in [-0.1, -0.05) is 12.0 Å². The van der Waals surface area contributed by atoms with Crippen LogP contribution in [0.3, 0.4) is 0 Å². The van der Waals surface area contributed by atoms with Gasteiger partial charge in [0.1, 0.15) is 7.85 Å². The summed E-state index contributed by atoms with van der Waals surface area (Å²) in [6.45, 7) is 9.69. The van der Waals surface area contributed by atoms with Crippen molar-refractivity contribution in [2.24, 2.45) is 11.0 Å². The lowest BCUT2D eigenvalue weighted by Gasteiger charge is -2.32. The molecule has 0 N–H and O–H groups in total. The van der Waals surface area contributed by atoms with Crippen molar-refractivity contribution in [3.8, 4) is 0 Å². The Morgan fingerprint density at radius 3 is 2.47 bits per heavy atom. The Hall–Kier alpha value is -0.745. The van der Waals surface area contributed by atoms with E-state index in [1.165, 1.54) is 0 Å². The maximum atomic E-state index is 8.81. The maximum Gasteiger partial charge on any atom is 0.195 e. The molecule has 1 aliphatic heterocycles. The average Bonchev–Trinajstić information content (AvgIpc) is 2.52. The van der Waals surface area contributed by atoms with Crippen molar-refractivity contribution >= 4 is 7.85 Å². The van der Waals surface area contributed by atoms with Gasteiger partial charge in [-0.2, -0.15) is 0 Å². The van der Waals surface area contributed by atoms with E-state index in [4.69, 9.17) is 27.6 Å². The molecule has 0 spiro atoms. The summed E-state index contributed by atoms with van der Waals surface area (Å²) in [5.74, 6) is -0.0799. The van der Waals surface area contributed by atoms with Crippen molar-refractivity contribution in [3.63, 3.8) is 0 Å². The Balaban J connectivity index is 2.99. The van der Waals surface area contributed by atoms with Gasteiger partial charge in [-0.15, -0.1) is 0 Å². The molecule has 106 valence electrons. The van der Waals surface area contributed by atoms with Crippen LogP contribution in [0.4, 0.5) is 0 Å². The molecule has 6 nitrogen and oxygen atoms in total. The Bertz CT molecular complexity index is 347. The van der Waals surface area contributed by atoms with Crippen LogP contribution in [-0.4, -0.2) is 44.5 Å². The summed E-state index contributed by atoms with van der Waals surface area (Å²) in [4.78, 5) is 2.88. The summed E-state index contributed by atoms with van der Waals surface area (Å²) >= 11 is 0. The number of hydrogen-bond acceptors (Lipinski definition) is 4. The molecule has 0 aromatic rings. The first-order valence-corrected chi connectivity index (χ1v) is 6.59. The number of nitrogens with zero attached hydrogens (tertiary/aromatic N) is 3. The fraction of sp³-hybridized carbons (Fsp3) is 1.00. The van der Waals surface area contributed by atoms with E-state index in [9.17, 15) is 0 Å². The Labute approximate surface area is 115 Å². The minimum absolute atomic E-state index is 0.00111. The van der Waals surface area contributed by atoms with E-state index >= 15 is 0 Å². The number of azide groups is 1. The monoisotopic (exact) mass is 267 g/mol. The first-order chi connectivity index (χ1) is 8.82. The molecular formula is C12H22BN3O3. The number of ether oxygens (including phenoxy) is 3. The molecule has 19 heavy (non-hydrogen) atoms. The van der Waals surface area contributed by atoms with Gasteiger partial charge in [-0.3, -0.25) is 0 Å². The highest BCUT2D eigenvalue weighted by atomic mass is 16.6. The smallest absolute Gasteiger partial charge is 0.195 e. The zero-order valence-corrected chi connectivity index (χ0v) is 12.2. The molecule has 0 aliphatic carbocycles. The van der Waals surface area contributed by atoms with E-state index in [1.54, 1.807) is 0 Å². The molecule has 1 aliphatic rings. The fourth-order valence-electron chi connectivity index (χ4n) is 2.10. The van der Waals surface area contributed by atoms with E-state index in [0.717, 1.165) is 0 Å². The van der Waals surface area contributed by atoms with E-state index in [-0.39, 0.29) is 24.7 Å². The second kappa shape index (κ2) is 6.61. The van der Waals surface area contributed by atoms with E-state index in [0.29, 0.717) is 0 Å². The van der Waals surface area contributed by atoms with Crippen LogP contribution in [0.5, 0.6) is 0 Å². The highest BCUT2D eigenvalue weighted by molar-refractivity contribution is 6.11. The summed E-state index contributed by atoms with van der Waals surface area (Å²) in [6.07, 6.45) is -0.438. The predicted molar refractivity (Wildman–Crippen MR) is 72.8 cm³/mol. The number of rotatable bonds is 6. The number of hydrogen-bond donors (Lipinski definition) is 0. The maximum absolute atomic E-state index is 8.81. The van der Waals surface area contributed by atoms with Gasteiger partial charge in [0.15, 0.2) is 5.72 Å². The topological polar surface area (TPSA) is 76.5 Å². The fourth-order valence-corrected chi connectivity index (χ4v) is 2.10. The Morgan fingerprint density at radius 2 is 2.00 bits per heavy atom. The molecule has 0 aromatic carbocycles. The van der Waals surface area contributed by atoms with Crippen LogP contribution in [0.1, 0.15) is 34.6 Å². The van der Waals surface area contributed by atoms with Gasteiger partial charge in [0.05, 0.1) is 24.9 Å². The largest absolute Gasteiger partial charge is 0.376 e. The van der Waals surface area contributed by atoms with Gasteiger partial charge in [-0.05, 0) is 33.2 Å². The molecule has 0 aromatic heterocycles. The van der Waals surface area contributed by atoms with E-state index in [2.05, 4.69) is 10.0 Å². The lowest BCUT2D eigenvalue weighted by molar-refractivity contribution is -0.147. The van der Waals surface area contributed by atoms with Gasteiger partial charge in [0, 0.05) is 16.8 Å². The molecule has 1 heterocycles. The van der Waals surface area contributed by atoms with Crippen molar-refractivity contribution in [2.75, 3.05) is 6.61 Å². The van der Waals surface area contributed by atoms with E-state index < -0.39 is 17.8 Å². The minimum atomic E-state index is -1.19. The van der Waals surface area contributed by atoms with Crippen LogP contribution in [-0.2, 0) is 14.2 Å². The second-order valence-corrected chi connectivity index (χ2v) is 5.44. The van der Waals surface area contributed by atoms with Crippen molar-refractivity contribution in [1.82, 2.24) is 0 Å². The molecular weight excluding hydrogens is 245 g/mol. The lowest BCUT2D eigenvalue weighted by Crippen LogP contribution is -2.46. The van der Waals surface area contributed by atoms with Crippen molar-refractivity contribution in [2.45, 2.75) is 64.7 Å². The third kappa shape index (κ3) is 3.86. The van der Waals surface area contributed by atoms with E-state index in [1.807, 2.05) is 34.6 Å². The third-order valence-electron chi connectivity index (χ3n) is 3.04. The highest BCUT2D eigenvalue weighted by Crippen LogP contribution is 2.39. The summed E-state index contributed by atoms with van der Waals surface area (Å²) in [5, 5.41) is 3.79. The molecule has 1 saturated heterocycles. The van der Waals surface area contributed by atoms with Crippen LogP contribution < -0.4 is 0 Å². The average molecular weight is 267 g/mol. The lowest BCUT2D eigenvalue weighted by atomic mass is 9.85. The van der Waals surface area contributed by atoms with Crippen LogP contribution in [0, 0.1) is 5.92 Å². The zero-order chi connectivity index (χ0) is 14.6. The Morgan fingerprint density at radius 1 is 1.37 bits per heavy atom. The van der Waals surface area contributed by atoms with Crippen LogP contribution >= 0.6 is 0 Å². The van der Waals surface area contributed by atoms with Crippen molar-refractivity contribution in [3.05, 3.63) is 10.4 Å². The minimum Gasteiger partial charge on any atom is -0.376 e. The van der Waals surface area contributed by atoms with Gasteiger partial charge in [-0.25, -0.2) is 0 Å². The molecule has 0 saturated carbocycles. The van der Waals surface area contributed by atoms with Crippen LogP contribution in [0.15, 0.2) is 5.11 Å². The van der Waals surface area contributed by atoms with Gasteiger partial charge < -0.3 is 14.2 Å². The summed E-state index contributed by atoms with van der Waals surface area (Å²) < 4.78 is 17.1. The van der Waals surface area contributed by atoms with Gasteiger partial charge >= 0.3 is 0 Å². The first kappa shape index (κ1) is 16.3. The molecule has 7 heteroatoms. The van der Waals surface area contributed by atoms with Gasteiger partial charge in [0.2, 0.25) is 0 Å². The molecule has 0 amide bonds. The highest BCUT2D eigenvalue weighted by Gasteiger charge is 2.52. The summed E-state index contributed by atoms with van der Waals surface area (Å²) in [7, 11) is 5.92. The summed E-state index contributed by atoms with van der Waals surface area (Å²) in [5.41, 5.74) is 7.62. The molecule has 4 atom stereocenters. The molecule has 1 rings (SSSR count). The Kier molecular flexibility index (Phi) is 5.68. The zero-order valence-electron chi connectivity index (χ0n) is 12.2. The van der Waals surface area contributed by atoms with Crippen LogP contribution in [0.2, 0.25) is 0 Å². The molecule has 1 unspecified atom stereocenters. The standard InChI is InChI=1S/C12H22BN3O3/c1-7(2)17-6-12(15-16-14)10(18-8(3)4)9(5)11(13)19-12/h7-11H,6H2,1-5H3/t9-,10?,11+,12+/m0/s1. The first-order valence-electron chi connectivity index (χ1n) is 6.59. The quantitative estimate of drug-likeness (QED) is 0.321. The summed E-state index contributed by atoms with van der Waals surface area (Å²) in [6, 6.07) is -0.537. The normalized spacial score (nSPS) is 34.8. The predicted octanol–water partition coefficient (Wildman–Crippen LogP) is 2.37. The third-order valence-corrected chi connectivity index (χ3v) is 3.04. The van der Waals surface area contributed by atoms with Crippen molar-refractivity contribution < 1.29 is 14.2 Å². The molecule has 1 fully saturated rings. The SMILES string of the molecule is [B][C@@H]1O[C@@](COC(C)C)(N=[N+]=[N-])C(OC(C)C)[C@@H]1C. The van der Waals surface area contributed by atoms with Crippen LogP contribution in [0.25, 0.3) is 10.4 Å².